The van der Waals surface area contributed by atoms with Crippen LogP contribution in [0.15, 0.2) is 40.9 Å². The number of rotatable bonds is 4. The summed E-state index contributed by atoms with van der Waals surface area (Å²) in [5, 5.41) is 0.710. The molecule has 110 valence electrons. The van der Waals surface area contributed by atoms with Crippen molar-refractivity contribution in [1.29, 1.82) is 0 Å². The van der Waals surface area contributed by atoms with Crippen molar-refractivity contribution < 1.29 is 0 Å². The van der Waals surface area contributed by atoms with Crippen LogP contribution in [0.2, 0.25) is 5.02 Å². The summed E-state index contributed by atoms with van der Waals surface area (Å²) in [6.07, 6.45) is 4.56. The second-order valence-electron chi connectivity index (χ2n) is 5.55. The van der Waals surface area contributed by atoms with Gasteiger partial charge in [0.1, 0.15) is 0 Å². The minimum Gasteiger partial charge on any atom is -0.271 e. The molecule has 1 aliphatic rings. The quantitative estimate of drug-likeness (QED) is 0.625. The zero-order valence-corrected chi connectivity index (χ0v) is 14.0. The fraction of sp³-hybridized carbons (Fsp3) is 0.294. The molecule has 0 amide bonds. The molecule has 0 radical (unpaired) electrons. The summed E-state index contributed by atoms with van der Waals surface area (Å²) in [5.41, 5.74) is 8.33. The molecule has 0 bridgehead atoms. The van der Waals surface area contributed by atoms with E-state index in [1.807, 2.05) is 18.2 Å². The Kier molecular flexibility index (Phi) is 4.65. The minimum atomic E-state index is 0.0649. The van der Waals surface area contributed by atoms with Crippen LogP contribution in [0, 0.1) is 0 Å². The van der Waals surface area contributed by atoms with Crippen LogP contribution in [0.1, 0.15) is 34.7 Å². The first-order chi connectivity index (χ1) is 10.2. The Balaban J connectivity index is 1.82. The maximum Gasteiger partial charge on any atom is 0.0551 e. The SMILES string of the molecule is NNC(Cc1ccc2c(c1)CCC2)c1ccc(Br)c(Cl)c1. The van der Waals surface area contributed by atoms with Gasteiger partial charge in [-0.05, 0) is 76.0 Å². The first-order valence-corrected chi connectivity index (χ1v) is 8.36. The lowest BCUT2D eigenvalue weighted by Crippen LogP contribution is -2.29. The van der Waals surface area contributed by atoms with Crippen LogP contribution in [0.25, 0.3) is 0 Å². The normalized spacial score (nSPS) is 15.0. The molecule has 1 atom stereocenters. The molecule has 2 aromatic rings. The third kappa shape index (κ3) is 3.32. The van der Waals surface area contributed by atoms with Gasteiger partial charge in [-0.2, -0.15) is 0 Å². The monoisotopic (exact) mass is 364 g/mol. The molecule has 0 fully saturated rings. The summed E-state index contributed by atoms with van der Waals surface area (Å²) >= 11 is 9.60. The van der Waals surface area contributed by atoms with Crippen LogP contribution < -0.4 is 11.3 Å². The highest BCUT2D eigenvalue weighted by Crippen LogP contribution is 2.29. The third-order valence-electron chi connectivity index (χ3n) is 4.15. The van der Waals surface area contributed by atoms with E-state index in [4.69, 9.17) is 17.4 Å². The number of aryl methyl sites for hydroxylation is 2. The van der Waals surface area contributed by atoms with Crippen molar-refractivity contribution in [1.82, 2.24) is 5.43 Å². The Labute approximate surface area is 138 Å². The Bertz CT molecular complexity index is 657. The van der Waals surface area contributed by atoms with Crippen molar-refractivity contribution in [3.05, 3.63) is 68.1 Å². The van der Waals surface area contributed by atoms with Crippen LogP contribution in [0.4, 0.5) is 0 Å². The van der Waals surface area contributed by atoms with E-state index in [9.17, 15) is 0 Å². The van der Waals surface area contributed by atoms with Crippen molar-refractivity contribution in [2.24, 2.45) is 5.84 Å². The Morgan fingerprint density at radius 1 is 1.14 bits per heavy atom. The maximum atomic E-state index is 6.18. The Morgan fingerprint density at radius 3 is 2.71 bits per heavy atom. The van der Waals surface area contributed by atoms with Gasteiger partial charge in [0.15, 0.2) is 0 Å². The van der Waals surface area contributed by atoms with E-state index in [0.717, 1.165) is 16.5 Å². The predicted octanol–water partition coefficient (Wildman–Crippen LogP) is 4.34. The number of hydrazine groups is 1. The fourth-order valence-corrected chi connectivity index (χ4v) is 3.43. The average Bonchev–Trinajstić information content (AvgIpc) is 2.95. The van der Waals surface area contributed by atoms with Crippen LogP contribution in [0.5, 0.6) is 0 Å². The van der Waals surface area contributed by atoms with Crippen LogP contribution in [-0.2, 0) is 19.3 Å². The molecule has 2 nitrogen and oxygen atoms in total. The summed E-state index contributed by atoms with van der Waals surface area (Å²) in [4.78, 5) is 0. The smallest absolute Gasteiger partial charge is 0.0551 e. The van der Waals surface area contributed by atoms with Crippen LogP contribution in [-0.4, -0.2) is 0 Å². The van der Waals surface area contributed by atoms with Gasteiger partial charge in [-0.15, -0.1) is 0 Å². The number of halogens is 2. The van der Waals surface area contributed by atoms with Crippen molar-refractivity contribution in [3.8, 4) is 0 Å². The molecule has 1 aliphatic carbocycles. The highest BCUT2D eigenvalue weighted by molar-refractivity contribution is 9.10. The van der Waals surface area contributed by atoms with E-state index in [0.29, 0.717) is 5.02 Å². The van der Waals surface area contributed by atoms with Crippen molar-refractivity contribution >= 4 is 27.5 Å². The summed E-state index contributed by atoms with van der Waals surface area (Å²) in [7, 11) is 0. The molecule has 4 heteroatoms. The first kappa shape index (κ1) is 15.0. The largest absolute Gasteiger partial charge is 0.271 e. The number of nitrogens with two attached hydrogens (primary N) is 1. The van der Waals surface area contributed by atoms with Gasteiger partial charge in [0, 0.05) is 4.47 Å². The second kappa shape index (κ2) is 6.49. The zero-order chi connectivity index (χ0) is 14.8. The molecule has 3 rings (SSSR count). The molecule has 0 aromatic heterocycles. The molecule has 2 aromatic carbocycles. The van der Waals surface area contributed by atoms with Crippen LogP contribution in [0.3, 0.4) is 0 Å². The second-order valence-corrected chi connectivity index (χ2v) is 6.82. The maximum absolute atomic E-state index is 6.18. The highest BCUT2D eigenvalue weighted by atomic mass is 79.9. The molecular formula is C17H18BrClN2. The summed E-state index contributed by atoms with van der Waals surface area (Å²) in [5.74, 6) is 5.75. The van der Waals surface area contributed by atoms with Gasteiger partial charge in [-0.3, -0.25) is 11.3 Å². The molecule has 0 heterocycles. The third-order valence-corrected chi connectivity index (χ3v) is 5.38. The summed E-state index contributed by atoms with van der Waals surface area (Å²) in [6, 6.07) is 12.8. The van der Waals surface area contributed by atoms with E-state index in [2.05, 4.69) is 39.6 Å². The van der Waals surface area contributed by atoms with E-state index < -0.39 is 0 Å². The summed E-state index contributed by atoms with van der Waals surface area (Å²) < 4.78 is 0.904. The predicted molar refractivity (Wildman–Crippen MR) is 91.4 cm³/mol. The van der Waals surface area contributed by atoms with E-state index in [1.165, 1.54) is 36.0 Å². The molecule has 0 aliphatic heterocycles. The van der Waals surface area contributed by atoms with Gasteiger partial charge in [-0.25, -0.2) is 0 Å². The van der Waals surface area contributed by atoms with Gasteiger partial charge >= 0.3 is 0 Å². The highest BCUT2D eigenvalue weighted by Gasteiger charge is 2.15. The van der Waals surface area contributed by atoms with Gasteiger partial charge in [-0.1, -0.05) is 35.9 Å². The van der Waals surface area contributed by atoms with Gasteiger partial charge in [0.25, 0.3) is 0 Å². The molecule has 0 spiro atoms. The van der Waals surface area contributed by atoms with Crippen molar-refractivity contribution in [2.75, 3.05) is 0 Å². The minimum absolute atomic E-state index is 0.0649. The number of benzene rings is 2. The molecule has 0 saturated heterocycles. The zero-order valence-electron chi connectivity index (χ0n) is 11.7. The van der Waals surface area contributed by atoms with E-state index in [1.54, 1.807) is 0 Å². The fourth-order valence-electron chi connectivity index (χ4n) is 2.99. The topological polar surface area (TPSA) is 38.0 Å². The van der Waals surface area contributed by atoms with E-state index in [-0.39, 0.29) is 6.04 Å². The lowest BCUT2D eigenvalue weighted by molar-refractivity contribution is 0.552. The standard InChI is InChI=1S/C17H18BrClN2/c18-15-7-6-14(10-16(15)19)17(21-20)9-11-4-5-12-2-1-3-13(12)8-11/h4-8,10,17,21H,1-3,9,20H2. The molecule has 21 heavy (non-hydrogen) atoms. The van der Waals surface area contributed by atoms with E-state index >= 15 is 0 Å². The molecule has 1 unspecified atom stereocenters. The first-order valence-electron chi connectivity index (χ1n) is 7.19. The van der Waals surface area contributed by atoms with Crippen molar-refractivity contribution in [2.45, 2.75) is 31.7 Å². The summed E-state index contributed by atoms with van der Waals surface area (Å²) in [6.45, 7) is 0. The van der Waals surface area contributed by atoms with Gasteiger partial charge in [0.2, 0.25) is 0 Å². The molecular weight excluding hydrogens is 348 g/mol. The number of hydrogen-bond donors (Lipinski definition) is 2. The Morgan fingerprint density at radius 2 is 1.95 bits per heavy atom. The van der Waals surface area contributed by atoms with Crippen LogP contribution >= 0.6 is 27.5 Å². The molecule has 0 saturated carbocycles. The Hall–Kier alpha value is -0.870. The number of hydrogen-bond acceptors (Lipinski definition) is 2. The lowest BCUT2D eigenvalue weighted by atomic mass is 9.97. The lowest BCUT2D eigenvalue weighted by Gasteiger charge is -2.17. The molecule has 3 N–H and O–H groups in total. The number of fused-ring (bicyclic) bond motifs is 1. The van der Waals surface area contributed by atoms with Gasteiger partial charge in [0.05, 0.1) is 11.1 Å². The average molecular weight is 366 g/mol. The number of nitrogens with one attached hydrogen (secondary N) is 1. The van der Waals surface area contributed by atoms with Gasteiger partial charge < -0.3 is 0 Å². The van der Waals surface area contributed by atoms with Crippen molar-refractivity contribution in [3.63, 3.8) is 0 Å².